The first-order chi connectivity index (χ1) is 40.1. The van der Waals surface area contributed by atoms with Crippen LogP contribution < -0.4 is 0 Å². The van der Waals surface area contributed by atoms with Crippen LogP contribution in [0.4, 0.5) is 0 Å². The Bertz CT molecular complexity index is 1280. The minimum Gasteiger partial charge on any atom is -0.462 e. The van der Waals surface area contributed by atoms with Gasteiger partial charge in [0.1, 0.15) is 13.2 Å². The molecule has 0 bridgehead atoms. The van der Waals surface area contributed by atoms with Crippen LogP contribution in [0.25, 0.3) is 0 Å². The van der Waals surface area contributed by atoms with E-state index in [9.17, 15) is 14.4 Å². The molecule has 1 unspecified atom stereocenters. The molecule has 0 aliphatic rings. The minimum atomic E-state index is -0.766. The first kappa shape index (κ1) is 80.4. The van der Waals surface area contributed by atoms with Crippen LogP contribution in [0, 0.1) is 17.8 Å². The van der Waals surface area contributed by atoms with Gasteiger partial charge in [0.15, 0.2) is 6.10 Å². The largest absolute Gasteiger partial charge is 0.462 e. The van der Waals surface area contributed by atoms with Crippen molar-refractivity contribution in [2.45, 2.75) is 439 Å². The summed E-state index contributed by atoms with van der Waals surface area (Å²) >= 11 is 0. The van der Waals surface area contributed by atoms with E-state index in [2.05, 4.69) is 41.5 Å². The van der Waals surface area contributed by atoms with Crippen LogP contribution in [-0.4, -0.2) is 37.2 Å². The van der Waals surface area contributed by atoms with Crippen LogP contribution >= 0.6 is 0 Å². The third kappa shape index (κ3) is 67.5. The summed E-state index contributed by atoms with van der Waals surface area (Å²) in [5, 5.41) is 0. The molecular weight excluding hydrogens is 1010 g/mol. The average Bonchev–Trinajstić information content (AvgIpc) is 3.45. The molecule has 6 nitrogen and oxygen atoms in total. The van der Waals surface area contributed by atoms with Gasteiger partial charge in [0, 0.05) is 19.3 Å². The Balaban J connectivity index is 4.28. The molecule has 0 aromatic carbocycles. The Labute approximate surface area is 514 Å². The van der Waals surface area contributed by atoms with Gasteiger partial charge in [-0.25, -0.2) is 0 Å². The number of hydrogen-bond donors (Lipinski definition) is 0. The molecule has 0 radical (unpaired) electrons. The lowest BCUT2D eigenvalue weighted by atomic mass is 9.99. The molecule has 0 rings (SSSR count). The molecule has 6 heteroatoms. The van der Waals surface area contributed by atoms with Crippen LogP contribution in [0.15, 0.2) is 0 Å². The summed E-state index contributed by atoms with van der Waals surface area (Å²) in [7, 11) is 0. The predicted molar refractivity (Wildman–Crippen MR) is 358 cm³/mol. The highest BCUT2D eigenvalue weighted by molar-refractivity contribution is 5.71. The Kier molecular flexibility index (Phi) is 65.6. The lowest BCUT2D eigenvalue weighted by Crippen LogP contribution is -2.30. The zero-order valence-electron chi connectivity index (χ0n) is 56.8. The van der Waals surface area contributed by atoms with Gasteiger partial charge in [-0.1, -0.05) is 395 Å². The summed E-state index contributed by atoms with van der Waals surface area (Å²) in [6.45, 7) is 13.9. The maximum Gasteiger partial charge on any atom is 0.306 e. The first-order valence-electron chi connectivity index (χ1n) is 37.6. The van der Waals surface area contributed by atoms with Crippen LogP contribution in [0.5, 0.6) is 0 Å². The fourth-order valence-corrected chi connectivity index (χ4v) is 12.0. The highest BCUT2D eigenvalue weighted by Crippen LogP contribution is 2.21. The molecule has 0 aromatic heterocycles. The maximum absolute atomic E-state index is 13.0. The van der Waals surface area contributed by atoms with E-state index < -0.39 is 6.10 Å². The van der Waals surface area contributed by atoms with Crippen molar-refractivity contribution in [3.8, 4) is 0 Å². The molecule has 0 spiro atoms. The van der Waals surface area contributed by atoms with E-state index in [0.29, 0.717) is 19.3 Å². The molecule has 0 aromatic rings. The molecule has 0 fully saturated rings. The number of carbonyl (C=O) groups is 3. The molecule has 0 saturated carbocycles. The summed E-state index contributed by atoms with van der Waals surface area (Å²) in [5.41, 5.74) is 0. The van der Waals surface area contributed by atoms with Gasteiger partial charge in [0.2, 0.25) is 0 Å². The highest BCUT2D eigenvalue weighted by Gasteiger charge is 2.20. The van der Waals surface area contributed by atoms with E-state index in [1.807, 2.05) is 0 Å². The standard InChI is InChI=1S/C76H148O6/c1-7-72(6)64-58-52-46-40-34-28-22-16-10-13-18-24-30-36-42-48-54-60-66-75(78)81-69-73(82-76(79)67-61-55-49-43-37-31-25-19-12-9-15-21-27-33-39-45-51-57-63-71(4)5)68-80-74(77)65-59-53-47-41-35-29-23-17-11-8-14-20-26-32-38-44-50-56-62-70(2)3/h70-73H,7-69H2,1-6H3/t72?,73-/m0/s1. The molecule has 0 saturated heterocycles. The van der Waals surface area contributed by atoms with E-state index in [1.54, 1.807) is 0 Å². The van der Waals surface area contributed by atoms with Crippen molar-refractivity contribution in [1.29, 1.82) is 0 Å². The average molecular weight is 1160 g/mol. The molecule has 0 heterocycles. The Morgan fingerprint density at radius 3 is 0.634 bits per heavy atom. The van der Waals surface area contributed by atoms with Crippen molar-refractivity contribution in [1.82, 2.24) is 0 Å². The van der Waals surface area contributed by atoms with E-state index in [4.69, 9.17) is 14.2 Å². The molecule has 82 heavy (non-hydrogen) atoms. The topological polar surface area (TPSA) is 78.9 Å². The Hall–Kier alpha value is -1.59. The van der Waals surface area contributed by atoms with E-state index in [-0.39, 0.29) is 31.1 Å². The quantitative estimate of drug-likeness (QED) is 0.0343. The summed E-state index contributed by atoms with van der Waals surface area (Å²) in [4.78, 5) is 38.6. The van der Waals surface area contributed by atoms with Crippen LogP contribution in [-0.2, 0) is 28.6 Å². The van der Waals surface area contributed by atoms with Crippen LogP contribution in [0.2, 0.25) is 0 Å². The zero-order chi connectivity index (χ0) is 59.7. The molecular formula is C76H148O6. The molecule has 0 aliphatic heterocycles. The molecule has 0 N–H and O–H groups in total. The fourth-order valence-electron chi connectivity index (χ4n) is 12.0. The highest BCUT2D eigenvalue weighted by atomic mass is 16.6. The van der Waals surface area contributed by atoms with Crippen molar-refractivity contribution >= 4 is 17.9 Å². The van der Waals surface area contributed by atoms with Crippen molar-refractivity contribution in [3.63, 3.8) is 0 Å². The van der Waals surface area contributed by atoms with Crippen molar-refractivity contribution < 1.29 is 28.6 Å². The van der Waals surface area contributed by atoms with E-state index in [1.165, 1.54) is 315 Å². The van der Waals surface area contributed by atoms with Crippen LogP contribution in [0.3, 0.4) is 0 Å². The van der Waals surface area contributed by atoms with Gasteiger partial charge in [-0.3, -0.25) is 14.4 Å². The van der Waals surface area contributed by atoms with Gasteiger partial charge in [-0.2, -0.15) is 0 Å². The van der Waals surface area contributed by atoms with E-state index in [0.717, 1.165) is 75.5 Å². The lowest BCUT2D eigenvalue weighted by Gasteiger charge is -2.18. The van der Waals surface area contributed by atoms with Gasteiger partial charge in [0.25, 0.3) is 0 Å². The van der Waals surface area contributed by atoms with Gasteiger partial charge in [0.05, 0.1) is 0 Å². The number of hydrogen-bond acceptors (Lipinski definition) is 6. The van der Waals surface area contributed by atoms with Gasteiger partial charge < -0.3 is 14.2 Å². The summed E-state index contributed by atoms with van der Waals surface area (Å²) in [5.74, 6) is 1.80. The van der Waals surface area contributed by atoms with Gasteiger partial charge in [-0.05, 0) is 37.0 Å². The minimum absolute atomic E-state index is 0.0613. The summed E-state index contributed by atoms with van der Waals surface area (Å²) in [6, 6.07) is 0. The van der Waals surface area contributed by atoms with E-state index >= 15 is 0 Å². The lowest BCUT2D eigenvalue weighted by molar-refractivity contribution is -0.167. The second-order valence-electron chi connectivity index (χ2n) is 27.5. The summed E-state index contributed by atoms with van der Waals surface area (Å²) < 4.78 is 17.1. The van der Waals surface area contributed by atoms with Gasteiger partial charge in [-0.15, -0.1) is 0 Å². The first-order valence-corrected chi connectivity index (χ1v) is 37.6. The number of unbranched alkanes of at least 4 members (excludes halogenated alkanes) is 51. The normalized spacial score (nSPS) is 12.4. The van der Waals surface area contributed by atoms with Crippen molar-refractivity contribution in [2.75, 3.05) is 13.2 Å². The smallest absolute Gasteiger partial charge is 0.306 e. The number of ether oxygens (including phenoxy) is 3. The second-order valence-corrected chi connectivity index (χ2v) is 27.5. The van der Waals surface area contributed by atoms with Crippen molar-refractivity contribution in [3.05, 3.63) is 0 Å². The SMILES string of the molecule is CCC(C)CCCCCCCCCCCCCCCCCCCCC(=O)OC[C@H](COC(=O)CCCCCCCCCCCCCCCCCCCCC(C)C)OC(=O)CCCCCCCCCCCCCCCCCCCCC(C)C. The summed E-state index contributed by atoms with van der Waals surface area (Å²) in [6.07, 6.45) is 77.0. The molecule has 0 aliphatic carbocycles. The Morgan fingerprint density at radius 2 is 0.427 bits per heavy atom. The monoisotopic (exact) mass is 1160 g/mol. The molecule has 2 atom stereocenters. The second kappa shape index (κ2) is 66.9. The number of carbonyl (C=O) groups excluding carboxylic acids is 3. The van der Waals surface area contributed by atoms with Gasteiger partial charge >= 0.3 is 17.9 Å². The number of esters is 3. The molecule has 488 valence electrons. The maximum atomic E-state index is 13.0. The number of rotatable bonds is 69. The predicted octanol–water partition coefficient (Wildman–Crippen LogP) is 25.7. The Morgan fingerprint density at radius 1 is 0.244 bits per heavy atom. The zero-order valence-corrected chi connectivity index (χ0v) is 56.8. The molecule has 0 amide bonds. The van der Waals surface area contributed by atoms with Crippen LogP contribution in [0.1, 0.15) is 433 Å². The third-order valence-electron chi connectivity index (χ3n) is 18.0. The third-order valence-corrected chi connectivity index (χ3v) is 18.0. The van der Waals surface area contributed by atoms with Crippen molar-refractivity contribution in [2.24, 2.45) is 17.8 Å². The fraction of sp³-hybridized carbons (Fsp3) is 0.961.